The van der Waals surface area contributed by atoms with Gasteiger partial charge in [0.2, 0.25) is 0 Å². The van der Waals surface area contributed by atoms with E-state index in [0.29, 0.717) is 13.2 Å². The molecule has 88 valence electrons. The van der Waals surface area contributed by atoms with Crippen LogP contribution in [0.25, 0.3) is 0 Å². The molecular formula is C10H19NO3S. The minimum Gasteiger partial charge on any atom is -0.481 e. The molecule has 0 radical (unpaired) electrons. The topological polar surface area (TPSA) is 49.8 Å². The SMILES string of the molecule is CSCCCN(C)C1COCC1C(=O)O. The fourth-order valence-corrected chi connectivity index (χ4v) is 2.26. The molecule has 2 atom stereocenters. The Labute approximate surface area is 95.0 Å². The zero-order chi connectivity index (χ0) is 11.3. The normalized spacial score (nSPS) is 26.1. The first kappa shape index (κ1) is 12.8. The van der Waals surface area contributed by atoms with E-state index in [1.807, 2.05) is 18.8 Å². The van der Waals surface area contributed by atoms with Crippen molar-refractivity contribution in [3.8, 4) is 0 Å². The molecule has 2 unspecified atom stereocenters. The van der Waals surface area contributed by atoms with E-state index in [1.54, 1.807) is 0 Å². The maximum absolute atomic E-state index is 10.9. The second kappa shape index (κ2) is 6.35. The number of carboxylic acid groups (broad SMARTS) is 1. The number of carboxylic acids is 1. The fraction of sp³-hybridized carbons (Fsp3) is 0.900. The number of thioether (sulfide) groups is 1. The Hall–Kier alpha value is -0.260. The third kappa shape index (κ3) is 3.66. The smallest absolute Gasteiger partial charge is 0.310 e. The largest absolute Gasteiger partial charge is 0.481 e. The molecule has 0 saturated carbocycles. The molecule has 0 amide bonds. The van der Waals surface area contributed by atoms with Gasteiger partial charge in [0.1, 0.15) is 0 Å². The molecule has 1 saturated heterocycles. The van der Waals surface area contributed by atoms with Crippen LogP contribution in [0.15, 0.2) is 0 Å². The van der Waals surface area contributed by atoms with Crippen LogP contribution < -0.4 is 0 Å². The number of likely N-dealkylation sites (N-methyl/N-ethyl adjacent to an activating group) is 1. The monoisotopic (exact) mass is 233 g/mol. The standard InChI is InChI=1S/C10H19NO3S/c1-11(4-3-5-15-2)9-7-14-6-8(9)10(12)13/h8-9H,3-7H2,1-2H3,(H,12,13). The molecule has 0 aliphatic carbocycles. The first-order valence-corrected chi connectivity index (χ1v) is 6.56. The summed E-state index contributed by atoms with van der Waals surface area (Å²) in [5.41, 5.74) is 0. The predicted molar refractivity (Wildman–Crippen MR) is 61.4 cm³/mol. The van der Waals surface area contributed by atoms with Crippen LogP contribution in [0.3, 0.4) is 0 Å². The average Bonchev–Trinajstić information content (AvgIpc) is 2.66. The molecule has 15 heavy (non-hydrogen) atoms. The van der Waals surface area contributed by atoms with Gasteiger partial charge in [-0.1, -0.05) is 0 Å². The molecule has 1 aliphatic rings. The fourth-order valence-electron chi connectivity index (χ4n) is 1.84. The van der Waals surface area contributed by atoms with Crippen molar-refractivity contribution in [3.05, 3.63) is 0 Å². The van der Waals surface area contributed by atoms with Crippen molar-refractivity contribution < 1.29 is 14.6 Å². The number of nitrogens with zero attached hydrogens (tertiary/aromatic N) is 1. The zero-order valence-corrected chi connectivity index (χ0v) is 10.1. The molecule has 0 spiro atoms. The summed E-state index contributed by atoms with van der Waals surface area (Å²) in [7, 11) is 1.98. The third-order valence-corrected chi connectivity index (χ3v) is 3.49. The Bertz CT molecular complexity index is 213. The van der Waals surface area contributed by atoms with Crippen molar-refractivity contribution in [2.24, 2.45) is 5.92 Å². The molecule has 1 N–H and O–H groups in total. The molecular weight excluding hydrogens is 214 g/mol. The summed E-state index contributed by atoms with van der Waals surface area (Å²) in [4.78, 5) is 13.0. The highest BCUT2D eigenvalue weighted by atomic mass is 32.2. The van der Waals surface area contributed by atoms with E-state index >= 15 is 0 Å². The highest BCUT2D eigenvalue weighted by molar-refractivity contribution is 7.98. The Morgan fingerprint density at radius 2 is 2.33 bits per heavy atom. The third-order valence-electron chi connectivity index (χ3n) is 2.79. The average molecular weight is 233 g/mol. The molecule has 0 aromatic carbocycles. The lowest BCUT2D eigenvalue weighted by molar-refractivity contribution is -0.143. The lowest BCUT2D eigenvalue weighted by Crippen LogP contribution is -2.41. The molecule has 1 heterocycles. The van der Waals surface area contributed by atoms with Crippen LogP contribution in [0, 0.1) is 5.92 Å². The van der Waals surface area contributed by atoms with Gasteiger partial charge >= 0.3 is 5.97 Å². The van der Waals surface area contributed by atoms with E-state index < -0.39 is 5.97 Å². The Balaban J connectivity index is 2.36. The van der Waals surface area contributed by atoms with E-state index in [9.17, 15) is 4.79 Å². The molecule has 0 aromatic rings. The molecule has 5 heteroatoms. The van der Waals surface area contributed by atoms with Crippen LogP contribution in [-0.2, 0) is 9.53 Å². The number of hydrogen-bond donors (Lipinski definition) is 1. The molecule has 4 nitrogen and oxygen atoms in total. The van der Waals surface area contributed by atoms with Gasteiger partial charge in [0.15, 0.2) is 0 Å². The molecule has 0 aromatic heterocycles. The van der Waals surface area contributed by atoms with Crippen LogP contribution in [0.1, 0.15) is 6.42 Å². The van der Waals surface area contributed by atoms with Crippen LogP contribution in [-0.4, -0.2) is 60.8 Å². The van der Waals surface area contributed by atoms with Crippen LogP contribution in [0.5, 0.6) is 0 Å². The van der Waals surface area contributed by atoms with Crippen LogP contribution in [0.2, 0.25) is 0 Å². The van der Waals surface area contributed by atoms with E-state index in [1.165, 1.54) is 0 Å². The quantitative estimate of drug-likeness (QED) is 0.687. The summed E-state index contributed by atoms with van der Waals surface area (Å²) in [6.07, 6.45) is 3.18. The van der Waals surface area contributed by atoms with Gasteiger partial charge in [-0.2, -0.15) is 11.8 Å². The minimum atomic E-state index is -0.741. The Kier molecular flexibility index (Phi) is 5.42. The molecule has 0 bridgehead atoms. The number of aliphatic carboxylic acids is 1. The highest BCUT2D eigenvalue weighted by Crippen LogP contribution is 2.19. The lowest BCUT2D eigenvalue weighted by atomic mass is 10.0. The van der Waals surface area contributed by atoms with Crippen LogP contribution >= 0.6 is 11.8 Å². The second-order valence-electron chi connectivity index (χ2n) is 3.88. The first-order chi connectivity index (χ1) is 7.16. The molecule has 1 fully saturated rings. The van der Waals surface area contributed by atoms with Crippen molar-refractivity contribution in [1.82, 2.24) is 4.90 Å². The molecule has 1 rings (SSSR count). The number of carbonyl (C=O) groups is 1. The number of hydrogen-bond acceptors (Lipinski definition) is 4. The van der Waals surface area contributed by atoms with Gasteiger partial charge in [0.25, 0.3) is 0 Å². The Morgan fingerprint density at radius 1 is 1.60 bits per heavy atom. The predicted octanol–water partition coefficient (Wildman–Crippen LogP) is 0.771. The van der Waals surface area contributed by atoms with E-state index in [0.717, 1.165) is 18.7 Å². The summed E-state index contributed by atoms with van der Waals surface area (Å²) in [6.45, 7) is 1.85. The van der Waals surface area contributed by atoms with Crippen molar-refractivity contribution in [1.29, 1.82) is 0 Å². The van der Waals surface area contributed by atoms with Crippen molar-refractivity contribution in [2.75, 3.05) is 38.8 Å². The van der Waals surface area contributed by atoms with E-state index in [-0.39, 0.29) is 12.0 Å². The van der Waals surface area contributed by atoms with Gasteiger partial charge in [-0.15, -0.1) is 0 Å². The zero-order valence-electron chi connectivity index (χ0n) is 9.31. The van der Waals surface area contributed by atoms with Gasteiger partial charge in [-0.25, -0.2) is 0 Å². The summed E-state index contributed by atoms with van der Waals surface area (Å²) in [6, 6.07) is 0.0457. The summed E-state index contributed by atoms with van der Waals surface area (Å²) in [5.74, 6) is 0.0221. The maximum Gasteiger partial charge on any atom is 0.310 e. The van der Waals surface area contributed by atoms with Crippen molar-refractivity contribution in [3.63, 3.8) is 0 Å². The lowest BCUT2D eigenvalue weighted by Gasteiger charge is -2.25. The van der Waals surface area contributed by atoms with Gasteiger partial charge in [0.05, 0.1) is 19.1 Å². The minimum absolute atomic E-state index is 0.0457. The van der Waals surface area contributed by atoms with Crippen molar-refractivity contribution >= 4 is 17.7 Å². The van der Waals surface area contributed by atoms with Gasteiger partial charge in [-0.3, -0.25) is 4.79 Å². The van der Waals surface area contributed by atoms with Gasteiger partial charge in [-0.05, 0) is 32.0 Å². The van der Waals surface area contributed by atoms with Crippen molar-refractivity contribution in [2.45, 2.75) is 12.5 Å². The van der Waals surface area contributed by atoms with Gasteiger partial charge < -0.3 is 14.7 Å². The maximum atomic E-state index is 10.9. The summed E-state index contributed by atoms with van der Waals surface area (Å²) >= 11 is 1.82. The summed E-state index contributed by atoms with van der Waals surface area (Å²) in [5, 5.41) is 8.99. The summed E-state index contributed by atoms with van der Waals surface area (Å²) < 4.78 is 5.23. The van der Waals surface area contributed by atoms with E-state index in [4.69, 9.17) is 9.84 Å². The van der Waals surface area contributed by atoms with Gasteiger partial charge in [0, 0.05) is 6.04 Å². The van der Waals surface area contributed by atoms with Crippen LogP contribution in [0.4, 0.5) is 0 Å². The highest BCUT2D eigenvalue weighted by Gasteiger charge is 2.36. The Morgan fingerprint density at radius 3 is 2.93 bits per heavy atom. The molecule has 1 aliphatic heterocycles. The second-order valence-corrected chi connectivity index (χ2v) is 4.86. The first-order valence-electron chi connectivity index (χ1n) is 5.16. The number of ether oxygens (including phenoxy) is 1. The van der Waals surface area contributed by atoms with E-state index in [2.05, 4.69) is 11.2 Å². The number of rotatable bonds is 6.